The molecule has 5 heteroatoms. The predicted octanol–water partition coefficient (Wildman–Crippen LogP) is 3.27. The first-order valence-corrected chi connectivity index (χ1v) is 6.51. The van der Waals surface area contributed by atoms with E-state index in [0.29, 0.717) is 25.3 Å². The average molecular weight is 325 g/mol. The van der Waals surface area contributed by atoms with Gasteiger partial charge < -0.3 is 9.64 Å². The molecule has 0 aromatic heterocycles. The van der Waals surface area contributed by atoms with Crippen LogP contribution in [0.15, 0.2) is 22.7 Å². The lowest BCUT2D eigenvalue weighted by atomic mass is 10.2. The summed E-state index contributed by atoms with van der Waals surface area (Å²) in [7, 11) is 3.52. The normalized spacial score (nSPS) is 13.1. The fourth-order valence-corrected chi connectivity index (χ4v) is 2.36. The molecule has 0 fully saturated rings. The van der Waals surface area contributed by atoms with Crippen LogP contribution < -0.4 is 0 Å². The molecule has 1 atom stereocenters. The van der Waals surface area contributed by atoms with Gasteiger partial charge >= 0.3 is 0 Å². The van der Waals surface area contributed by atoms with Crippen LogP contribution in [0.25, 0.3) is 0 Å². The Hall–Kier alpha value is -0.160. The summed E-state index contributed by atoms with van der Waals surface area (Å²) in [5.41, 5.74) is 0.656. The second kappa shape index (κ2) is 7.31. The number of hydrogen-bond donors (Lipinski definition) is 0. The van der Waals surface area contributed by atoms with Crippen molar-refractivity contribution in [1.29, 1.82) is 0 Å². The smallest absolute Gasteiger partial charge is 0.127 e. The molecule has 0 aliphatic heterocycles. The van der Waals surface area contributed by atoms with E-state index in [4.69, 9.17) is 16.3 Å². The van der Waals surface area contributed by atoms with Gasteiger partial charge in [-0.15, -0.1) is 11.6 Å². The fraction of sp³-hybridized carbons (Fsp3) is 0.500. The van der Waals surface area contributed by atoms with E-state index in [2.05, 4.69) is 15.9 Å². The van der Waals surface area contributed by atoms with Gasteiger partial charge in [-0.1, -0.05) is 15.9 Å². The first-order valence-electron chi connectivity index (χ1n) is 5.28. The summed E-state index contributed by atoms with van der Waals surface area (Å²) in [6, 6.07) is 4.93. The van der Waals surface area contributed by atoms with Gasteiger partial charge in [-0.25, -0.2) is 4.39 Å². The van der Waals surface area contributed by atoms with Gasteiger partial charge in [0.25, 0.3) is 0 Å². The van der Waals surface area contributed by atoms with Crippen LogP contribution in [0.4, 0.5) is 4.39 Å². The van der Waals surface area contributed by atoms with Crippen molar-refractivity contribution in [2.75, 3.05) is 27.3 Å². The van der Waals surface area contributed by atoms with Crippen molar-refractivity contribution < 1.29 is 9.13 Å². The SMILES string of the molecule is COCC(Cl)CN(C)Cc1cc(Br)ccc1F. The van der Waals surface area contributed by atoms with Crippen LogP contribution in [0.1, 0.15) is 5.56 Å². The third-order valence-electron chi connectivity index (χ3n) is 2.31. The van der Waals surface area contributed by atoms with E-state index in [1.807, 2.05) is 11.9 Å². The number of benzene rings is 1. The van der Waals surface area contributed by atoms with Crippen LogP contribution in [0, 0.1) is 5.82 Å². The second-order valence-electron chi connectivity index (χ2n) is 3.99. The Morgan fingerprint density at radius 3 is 2.88 bits per heavy atom. The van der Waals surface area contributed by atoms with Gasteiger partial charge in [-0.3, -0.25) is 0 Å². The molecule has 0 heterocycles. The summed E-state index contributed by atoms with van der Waals surface area (Å²) in [4.78, 5) is 1.97. The number of methoxy groups -OCH3 is 1. The van der Waals surface area contributed by atoms with Crippen molar-refractivity contribution in [2.45, 2.75) is 11.9 Å². The summed E-state index contributed by atoms with van der Waals surface area (Å²) in [5.74, 6) is -0.196. The van der Waals surface area contributed by atoms with Gasteiger partial charge in [0.05, 0.1) is 12.0 Å². The molecule has 0 N–H and O–H groups in total. The van der Waals surface area contributed by atoms with E-state index < -0.39 is 0 Å². The molecule has 1 unspecified atom stereocenters. The van der Waals surface area contributed by atoms with Crippen molar-refractivity contribution in [3.8, 4) is 0 Å². The lowest BCUT2D eigenvalue weighted by molar-refractivity contribution is 0.181. The largest absolute Gasteiger partial charge is 0.383 e. The lowest BCUT2D eigenvalue weighted by Gasteiger charge is -2.20. The lowest BCUT2D eigenvalue weighted by Crippen LogP contribution is -2.28. The standard InChI is InChI=1S/C12H16BrClFNO/c1-16(7-11(14)8-17-2)6-9-5-10(13)3-4-12(9)15/h3-5,11H,6-8H2,1-2H3. The highest BCUT2D eigenvalue weighted by Gasteiger charge is 2.11. The van der Waals surface area contributed by atoms with E-state index in [1.165, 1.54) is 6.07 Å². The van der Waals surface area contributed by atoms with Crippen molar-refractivity contribution in [3.05, 3.63) is 34.1 Å². The van der Waals surface area contributed by atoms with Gasteiger partial charge in [0, 0.05) is 30.2 Å². The third-order valence-corrected chi connectivity index (χ3v) is 3.06. The predicted molar refractivity (Wildman–Crippen MR) is 72.0 cm³/mol. The van der Waals surface area contributed by atoms with Gasteiger partial charge in [0.15, 0.2) is 0 Å². The summed E-state index contributed by atoms with van der Waals surface area (Å²) in [6.07, 6.45) is 0. The van der Waals surface area contributed by atoms with Crippen molar-refractivity contribution >= 4 is 27.5 Å². The Morgan fingerprint density at radius 2 is 2.24 bits per heavy atom. The fourth-order valence-electron chi connectivity index (χ4n) is 1.59. The highest BCUT2D eigenvalue weighted by atomic mass is 79.9. The van der Waals surface area contributed by atoms with Crippen molar-refractivity contribution in [2.24, 2.45) is 0 Å². The zero-order chi connectivity index (χ0) is 12.8. The Morgan fingerprint density at radius 1 is 1.53 bits per heavy atom. The zero-order valence-corrected chi connectivity index (χ0v) is 12.3. The molecular weight excluding hydrogens is 308 g/mol. The molecule has 0 saturated heterocycles. The Labute approximate surface area is 115 Å². The molecule has 0 saturated carbocycles. The maximum atomic E-state index is 13.5. The molecule has 1 rings (SSSR count). The second-order valence-corrected chi connectivity index (χ2v) is 5.52. The summed E-state index contributed by atoms with van der Waals surface area (Å²) < 4.78 is 19.3. The number of alkyl halides is 1. The molecule has 0 aliphatic carbocycles. The topological polar surface area (TPSA) is 12.5 Å². The highest BCUT2D eigenvalue weighted by molar-refractivity contribution is 9.10. The average Bonchev–Trinajstić information content (AvgIpc) is 2.23. The molecule has 1 aromatic carbocycles. The van der Waals surface area contributed by atoms with Crippen LogP contribution in [0.5, 0.6) is 0 Å². The van der Waals surface area contributed by atoms with Gasteiger partial charge in [-0.05, 0) is 25.2 Å². The van der Waals surface area contributed by atoms with Gasteiger partial charge in [-0.2, -0.15) is 0 Å². The van der Waals surface area contributed by atoms with Crippen LogP contribution in [0.2, 0.25) is 0 Å². The first kappa shape index (κ1) is 14.9. The monoisotopic (exact) mass is 323 g/mol. The molecule has 2 nitrogen and oxygen atoms in total. The first-order chi connectivity index (χ1) is 8.02. The van der Waals surface area contributed by atoms with Crippen LogP contribution in [-0.2, 0) is 11.3 Å². The highest BCUT2D eigenvalue weighted by Crippen LogP contribution is 2.17. The van der Waals surface area contributed by atoms with E-state index in [9.17, 15) is 4.39 Å². The van der Waals surface area contributed by atoms with Crippen LogP contribution in [-0.4, -0.2) is 37.6 Å². The molecule has 0 bridgehead atoms. The molecule has 0 aliphatic rings. The Kier molecular flexibility index (Phi) is 6.41. The van der Waals surface area contributed by atoms with Crippen LogP contribution >= 0.6 is 27.5 Å². The molecule has 96 valence electrons. The maximum absolute atomic E-state index is 13.5. The maximum Gasteiger partial charge on any atom is 0.127 e. The summed E-state index contributed by atoms with van der Waals surface area (Å²) in [6.45, 7) is 1.67. The molecule has 0 radical (unpaired) electrons. The van der Waals surface area contributed by atoms with Crippen molar-refractivity contribution in [3.63, 3.8) is 0 Å². The molecule has 1 aromatic rings. The molecular formula is C12H16BrClFNO. The van der Waals surface area contributed by atoms with Crippen molar-refractivity contribution in [1.82, 2.24) is 4.90 Å². The van der Waals surface area contributed by atoms with E-state index in [0.717, 1.165) is 4.47 Å². The minimum atomic E-state index is -0.196. The van der Waals surface area contributed by atoms with E-state index in [-0.39, 0.29) is 11.2 Å². The van der Waals surface area contributed by atoms with E-state index >= 15 is 0 Å². The minimum Gasteiger partial charge on any atom is -0.383 e. The minimum absolute atomic E-state index is 0.0831. The Bertz CT molecular complexity index is 364. The number of hydrogen-bond acceptors (Lipinski definition) is 2. The number of rotatable bonds is 6. The number of halogens is 3. The number of ether oxygens (including phenoxy) is 1. The summed E-state index contributed by atoms with van der Waals surface area (Å²) in [5, 5.41) is -0.0831. The number of nitrogens with zero attached hydrogens (tertiary/aromatic N) is 1. The molecule has 17 heavy (non-hydrogen) atoms. The molecule has 0 amide bonds. The summed E-state index contributed by atoms with van der Waals surface area (Å²) >= 11 is 9.37. The Balaban J connectivity index is 2.55. The molecule has 0 spiro atoms. The quantitative estimate of drug-likeness (QED) is 0.745. The van der Waals surface area contributed by atoms with E-state index in [1.54, 1.807) is 19.2 Å². The third kappa shape index (κ3) is 5.34. The van der Waals surface area contributed by atoms with Gasteiger partial charge in [0.1, 0.15) is 5.82 Å². The van der Waals surface area contributed by atoms with Crippen LogP contribution in [0.3, 0.4) is 0 Å². The van der Waals surface area contributed by atoms with Gasteiger partial charge in [0.2, 0.25) is 0 Å². The zero-order valence-electron chi connectivity index (χ0n) is 9.92.